The van der Waals surface area contributed by atoms with Crippen molar-refractivity contribution in [2.24, 2.45) is 35.5 Å². The Morgan fingerprint density at radius 1 is 0.733 bits per heavy atom. The van der Waals surface area contributed by atoms with Crippen LogP contribution in [0.1, 0.15) is 104 Å². The standard InChI is InChI=1S/C26H46F2O2/c1-3-4-5-6-18-8-10-19(11-9-18)20-12-14-21(15-13-20)25(29)26(30)22-16-7-17(2)23(27)24(22)28/h17-26,29-30H,3-16H2,1-2H3. The number of hydrogen-bond donors (Lipinski definition) is 2. The molecule has 3 fully saturated rings. The van der Waals surface area contributed by atoms with Crippen LogP contribution in [0.25, 0.3) is 0 Å². The molecule has 176 valence electrons. The number of rotatable bonds is 8. The molecule has 2 N–H and O–H groups in total. The van der Waals surface area contributed by atoms with Crippen LogP contribution in [-0.4, -0.2) is 34.8 Å². The van der Waals surface area contributed by atoms with Crippen LogP contribution < -0.4 is 0 Å². The zero-order chi connectivity index (χ0) is 21.7. The summed E-state index contributed by atoms with van der Waals surface area (Å²) in [6, 6.07) is 0. The summed E-state index contributed by atoms with van der Waals surface area (Å²) in [5.41, 5.74) is 0. The lowest BCUT2D eigenvalue weighted by Crippen LogP contribution is -2.49. The Labute approximate surface area is 183 Å². The molecule has 6 atom stereocenters. The van der Waals surface area contributed by atoms with Crippen LogP contribution in [-0.2, 0) is 0 Å². The van der Waals surface area contributed by atoms with Gasteiger partial charge in [0.15, 0.2) is 0 Å². The number of unbranched alkanes of at least 4 members (excludes halogenated alkanes) is 2. The van der Waals surface area contributed by atoms with Gasteiger partial charge in [-0.05, 0) is 81.0 Å². The number of halogens is 2. The maximum Gasteiger partial charge on any atom is 0.137 e. The minimum Gasteiger partial charge on any atom is -0.390 e. The van der Waals surface area contributed by atoms with Crippen LogP contribution in [0.2, 0.25) is 0 Å². The van der Waals surface area contributed by atoms with Crippen LogP contribution in [0.15, 0.2) is 0 Å². The quantitative estimate of drug-likeness (QED) is 0.426. The smallest absolute Gasteiger partial charge is 0.137 e. The fourth-order valence-electron chi connectivity index (χ4n) is 6.80. The highest BCUT2D eigenvalue weighted by Gasteiger charge is 2.45. The van der Waals surface area contributed by atoms with E-state index < -0.39 is 30.5 Å². The predicted molar refractivity (Wildman–Crippen MR) is 119 cm³/mol. The Bertz CT molecular complexity index is 485. The zero-order valence-electron chi connectivity index (χ0n) is 19.3. The van der Waals surface area contributed by atoms with Gasteiger partial charge in [0.05, 0.1) is 12.2 Å². The molecular weight excluding hydrogens is 382 g/mol. The van der Waals surface area contributed by atoms with Gasteiger partial charge in [-0.2, -0.15) is 0 Å². The van der Waals surface area contributed by atoms with Gasteiger partial charge in [0.1, 0.15) is 12.3 Å². The predicted octanol–water partition coefficient (Wildman–Crippen LogP) is 6.62. The lowest BCUT2D eigenvalue weighted by atomic mass is 9.67. The highest BCUT2D eigenvalue weighted by Crippen LogP contribution is 2.44. The van der Waals surface area contributed by atoms with E-state index in [-0.39, 0.29) is 11.8 Å². The third-order valence-electron chi connectivity index (χ3n) is 9.07. The van der Waals surface area contributed by atoms with Crippen molar-refractivity contribution in [1.29, 1.82) is 0 Å². The van der Waals surface area contributed by atoms with Crippen molar-refractivity contribution in [3.8, 4) is 0 Å². The first kappa shape index (κ1) is 24.4. The van der Waals surface area contributed by atoms with Crippen molar-refractivity contribution in [2.75, 3.05) is 0 Å². The van der Waals surface area contributed by atoms with E-state index in [1.54, 1.807) is 6.92 Å². The Balaban J connectivity index is 1.41. The highest BCUT2D eigenvalue weighted by atomic mass is 19.2. The van der Waals surface area contributed by atoms with E-state index in [0.717, 1.165) is 43.4 Å². The monoisotopic (exact) mass is 428 g/mol. The molecule has 0 amide bonds. The number of hydrogen-bond acceptors (Lipinski definition) is 2. The van der Waals surface area contributed by atoms with Gasteiger partial charge in [-0.3, -0.25) is 0 Å². The molecule has 0 saturated heterocycles. The Hall–Kier alpha value is -0.220. The topological polar surface area (TPSA) is 40.5 Å². The molecule has 4 heteroatoms. The van der Waals surface area contributed by atoms with Crippen LogP contribution in [0.4, 0.5) is 8.78 Å². The molecule has 3 aliphatic carbocycles. The molecular formula is C26H46F2O2. The van der Waals surface area contributed by atoms with Gasteiger partial charge in [-0.1, -0.05) is 52.4 Å². The Morgan fingerprint density at radius 3 is 1.93 bits per heavy atom. The summed E-state index contributed by atoms with van der Waals surface area (Å²) in [6.45, 7) is 4.00. The summed E-state index contributed by atoms with van der Waals surface area (Å²) in [6.07, 6.45) is 10.9. The zero-order valence-corrected chi connectivity index (χ0v) is 19.3. The minimum absolute atomic E-state index is 0.0336. The van der Waals surface area contributed by atoms with Gasteiger partial charge < -0.3 is 10.2 Å². The van der Waals surface area contributed by atoms with Gasteiger partial charge in [0, 0.05) is 5.92 Å². The number of aliphatic hydroxyl groups excluding tert-OH is 2. The third kappa shape index (κ3) is 5.97. The van der Waals surface area contributed by atoms with Crippen LogP contribution in [0, 0.1) is 35.5 Å². The summed E-state index contributed by atoms with van der Waals surface area (Å²) < 4.78 is 28.5. The van der Waals surface area contributed by atoms with Gasteiger partial charge in [-0.15, -0.1) is 0 Å². The molecule has 30 heavy (non-hydrogen) atoms. The second kappa shape index (κ2) is 11.6. The SMILES string of the molecule is CCCCCC1CCC(C2CCC(C(O)C(O)C3CCC(C)C(F)C3F)CC2)CC1. The maximum atomic E-state index is 14.5. The van der Waals surface area contributed by atoms with Crippen molar-refractivity contribution in [2.45, 2.75) is 128 Å². The van der Waals surface area contributed by atoms with E-state index in [0.29, 0.717) is 12.8 Å². The maximum absolute atomic E-state index is 14.5. The molecule has 0 heterocycles. The first-order chi connectivity index (χ1) is 14.4. The van der Waals surface area contributed by atoms with Crippen LogP contribution >= 0.6 is 0 Å². The molecule has 3 rings (SSSR count). The highest BCUT2D eigenvalue weighted by molar-refractivity contribution is 4.94. The summed E-state index contributed by atoms with van der Waals surface area (Å²) in [5, 5.41) is 21.4. The van der Waals surface area contributed by atoms with E-state index in [4.69, 9.17) is 0 Å². The van der Waals surface area contributed by atoms with E-state index in [1.807, 2.05) is 0 Å². The van der Waals surface area contributed by atoms with Crippen molar-refractivity contribution in [1.82, 2.24) is 0 Å². The van der Waals surface area contributed by atoms with Crippen molar-refractivity contribution in [3.05, 3.63) is 0 Å². The average Bonchev–Trinajstić information content (AvgIpc) is 2.77. The molecule has 3 aliphatic rings. The second-order valence-electron chi connectivity index (χ2n) is 11.0. The Morgan fingerprint density at radius 2 is 1.33 bits per heavy atom. The Kier molecular flexibility index (Phi) is 9.43. The number of alkyl halides is 2. The average molecular weight is 429 g/mol. The second-order valence-corrected chi connectivity index (χ2v) is 11.0. The van der Waals surface area contributed by atoms with Crippen molar-refractivity contribution >= 4 is 0 Å². The van der Waals surface area contributed by atoms with Gasteiger partial charge in [-0.25, -0.2) is 8.78 Å². The van der Waals surface area contributed by atoms with Gasteiger partial charge in [0.25, 0.3) is 0 Å². The first-order valence-corrected chi connectivity index (χ1v) is 13.1. The van der Waals surface area contributed by atoms with Crippen LogP contribution in [0.3, 0.4) is 0 Å². The number of aliphatic hydroxyl groups is 2. The lowest BCUT2D eigenvalue weighted by Gasteiger charge is -2.42. The van der Waals surface area contributed by atoms with E-state index in [9.17, 15) is 19.0 Å². The molecule has 3 saturated carbocycles. The summed E-state index contributed by atoms with van der Waals surface area (Å²) in [5.74, 6) is 1.50. The summed E-state index contributed by atoms with van der Waals surface area (Å²) >= 11 is 0. The normalized spacial score (nSPS) is 42.6. The van der Waals surface area contributed by atoms with Crippen molar-refractivity contribution < 1.29 is 19.0 Å². The fraction of sp³-hybridized carbons (Fsp3) is 1.00. The summed E-state index contributed by atoms with van der Waals surface area (Å²) in [7, 11) is 0. The van der Waals surface area contributed by atoms with E-state index >= 15 is 0 Å². The lowest BCUT2D eigenvalue weighted by molar-refractivity contribution is -0.103. The van der Waals surface area contributed by atoms with Gasteiger partial charge in [0.2, 0.25) is 0 Å². The largest absolute Gasteiger partial charge is 0.390 e. The fourth-order valence-corrected chi connectivity index (χ4v) is 6.80. The van der Waals surface area contributed by atoms with Crippen molar-refractivity contribution in [3.63, 3.8) is 0 Å². The third-order valence-corrected chi connectivity index (χ3v) is 9.07. The first-order valence-electron chi connectivity index (χ1n) is 13.1. The molecule has 0 aliphatic heterocycles. The molecule has 0 aromatic rings. The van der Waals surface area contributed by atoms with E-state index in [1.165, 1.54) is 51.4 Å². The van der Waals surface area contributed by atoms with E-state index in [2.05, 4.69) is 6.92 Å². The summed E-state index contributed by atoms with van der Waals surface area (Å²) in [4.78, 5) is 0. The molecule has 0 bridgehead atoms. The molecule has 6 unspecified atom stereocenters. The molecule has 0 radical (unpaired) electrons. The minimum atomic E-state index is -1.65. The molecule has 2 nitrogen and oxygen atoms in total. The van der Waals surface area contributed by atoms with Crippen LogP contribution in [0.5, 0.6) is 0 Å². The molecule has 0 aromatic heterocycles. The molecule has 0 spiro atoms. The van der Waals surface area contributed by atoms with Gasteiger partial charge >= 0.3 is 0 Å². The molecule has 0 aromatic carbocycles.